The molecule has 0 heterocycles. The van der Waals surface area contributed by atoms with Gasteiger partial charge in [-0.15, -0.1) is 0 Å². The van der Waals surface area contributed by atoms with Crippen molar-refractivity contribution in [3.8, 4) is 0 Å². The molecule has 1 aliphatic carbocycles. The zero-order chi connectivity index (χ0) is 15.6. The van der Waals surface area contributed by atoms with Crippen molar-refractivity contribution in [2.45, 2.75) is 19.4 Å². The molecule has 2 rings (SSSR count). The highest BCUT2D eigenvalue weighted by molar-refractivity contribution is 6.31. The maximum Gasteiger partial charge on any atom is 0.331 e. The minimum Gasteiger partial charge on any atom is -0.479 e. The molecule has 0 aliphatic heterocycles. The molecule has 0 spiro atoms. The van der Waals surface area contributed by atoms with Crippen LogP contribution in [0.1, 0.15) is 24.9 Å². The highest BCUT2D eigenvalue weighted by Gasteiger charge is 2.35. The first-order chi connectivity index (χ1) is 9.90. The number of urea groups is 1. The monoisotopic (exact) mass is 310 g/mol. The first kappa shape index (κ1) is 15.6. The molecular formula is C15H19ClN2O3. The smallest absolute Gasteiger partial charge is 0.331 e. The lowest BCUT2D eigenvalue weighted by Gasteiger charge is -2.22. The maximum atomic E-state index is 12.1. The summed E-state index contributed by atoms with van der Waals surface area (Å²) in [6, 6.07) is 5.07. The molecule has 1 aromatic carbocycles. The van der Waals surface area contributed by atoms with Gasteiger partial charge in [-0.25, -0.2) is 9.59 Å². The topological polar surface area (TPSA) is 69.6 Å². The highest BCUT2D eigenvalue weighted by atomic mass is 35.5. The fourth-order valence-corrected chi connectivity index (χ4v) is 2.55. The van der Waals surface area contributed by atoms with Crippen LogP contribution in [0.25, 0.3) is 0 Å². The number of rotatable bonds is 5. The molecule has 1 fully saturated rings. The highest BCUT2D eigenvalue weighted by Crippen LogP contribution is 2.38. The van der Waals surface area contributed by atoms with Gasteiger partial charge in [0.2, 0.25) is 0 Å². The van der Waals surface area contributed by atoms with E-state index >= 15 is 0 Å². The van der Waals surface area contributed by atoms with Crippen molar-refractivity contribution in [3.63, 3.8) is 0 Å². The van der Waals surface area contributed by atoms with Crippen LogP contribution in [0.4, 0.5) is 4.79 Å². The van der Waals surface area contributed by atoms with Crippen LogP contribution in [-0.2, 0) is 4.79 Å². The van der Waals surface area contributed by atoms with Gasteiger partial charge in [0.25, 0.3) is 0 Å². The number of carboxylic acids is 1. The summed E-state index contributed by atoms with van der Waals surface area (Å²) in [5.74, 6) is 0.0214. The number of amides is 2. The van der Waals surface area contributed by atoms with Crippen LogP contribution in [0.15, 0.2) is 24.3 Å². The van der Waals surface area contributed by atoms with Gasteiger partial charge in [-0.2, -0.15) is 0 Å². The van der Waals surface area contributed by atoms with Crippen molar-refractivity contribution >= 4 is 23.6 Å². The van der Waals surface area contributed by atoms with E-state index in [4.69, 9.17) is 11.6 Å². The standard InChI is InChI=1S/C15H19ClN2O3/c1-9-7-10(9)8-18(2)15(21)17-13(14(19)20)11-5-3-4-6-12(11)16/h3-6,9-10,13H,7-8H2,1-2H3,(H,17,21)(H,19,20)/t9?,10?,13-/m1/s1. The van der Waals surface area contributed by atoms with Crippen LogP contribution in [0.5, 0.6) is 0 Å². The van der Waals surface area contributed by atoms with E-state index in [9.17, 15) is 14.7 Å². The zero-order valence-corrected chi connectivity index (χ0v) is 12.8. The van der Waals surface area contributed by atoms with Crippen LogP contribution >= 0.6 is 11.6 Å². The molecular weight excluding hydrogens is 292 g/mol. The predicted octanol–water partition coefficient (Wildman–Crippen LogP) is 2.76. The van der Waals surface area contributed by atoms with E-state index in [1.807, 2.05) is 0 Å². The third kappa shape index (κ3) is 3.88. The van der Waals surface area contributed by atoms with Crippen LogP contribution in [0, 0.1) is 11.8 Å². The summed E-state index contributed by atoms with van der Waals surface area (Å²) >= 11 is 6.01. The van der Waals surface area contributed by atoms with Crippen LogP contribution in [0.2, 0.25) is 5.02 Å². The second-order valence-corrected chi connectivity index (χ2v) is 6.00. The van der Waals surface area contributed by atoms with Gasteiger partial charge in [0.05, 0.1) is 0 Å². The first-order valence-corrected chi connectivity index (χ1v) is 7.26. The molecule has 114 valence electrons. The van der Waals surface area contributed by atoms with E-state index < -0.39 is 18.0 Å². The number of nitrogens with zero attached hydrogens (tertiary/aromatic N) is 1. The molecule has 0 radical (unpaired) electrons. The summed E-state index contributed by atoms with van der Waals surface area (Å²) < 4.78 is 0. The van der Waals surface area contributed by atoms with Gasteiger partial charge in [-0.3, -0.25) is 0 Å². The third-order valence-corrected chi connectivity index (χ3v) is 4.21. The number of carbonyl (C=O) groups excluding carboxylic acids is 1. The van der Waals surface area contributed by atoms with Crippen molar-refractivity contribution in [2.75, 3.05) is 13.6 Å². The molecule has 5 nitrogen and oxygen atoms in total. The van der Waals surface area contributed by atoms with E-state index in [-0.39, 0.29) is 0 Å². The fraction of sp³-hybridized carbons (Fsp3) is 0.467. The predicted molar refractivity (Wildman–Crippen MR) is 80.3 cm³/mol. The molecule has 3 atom stereocenters. The molecule has 1 saturated carbocycles. The SMILES string of the molecule is CC1CC1CN(C)C(=O)N[C@@H](C(=O)O)c1ccccc1Cl. The lowest BCUT2D eigenvalue weighted by atomic mass is 10.1. The summed E-state index contributed by atoms with van der Waals surface area (Å²) in [5.41, 5.74) is 0.383. The molecule has 1 aliphatic rings. The number of hydrogen-bond acceptors (Lipinski definition) is 2. The Morgan fingerprint density at radius 1 is 1.48 bits per heavy atom. The second kappa shape index (κ2) is 6.35. The van der Waals surface area contributed by atoms with E-state index in [1.165, 1.54) is 4.90 Å². The maximum absolute atomic E-state index is 12.1. The molecule has 6 heteroatoms. The van der Waals surface area contributed by atoms with Crippen molar-refractivity contribution < 1.29 is 14.7 Å². The van der Waals surface area contributed by atoms with Crippen molar-refractivity contribution in [1.29, 1.82) is 0 Å². The Morgan fingerprint density at radius 3 is 2.62 bits per heavy atom. The van der Waals surface area contributed by atoms with E-state index in [2.05, 4.69) is 12.2 Å². The van der Waals surface area contributed by atoms with Crippen LogP contribution in [-0.4, -0.2) is 35.6 Å². The number of carbonyl (C=O) groups is 2. The van der Waals surface area contributed by atoms with Crippen molar-refractivity contribution in [1.82, 2.24) is 10.2 Å². The van der Waals surface area contributed by atoms with E-state index in [0.717, 1.165) is 6.42 Å². The summed E-state index contributed by atoms with van der Waals surface area (Å²) in [5, 5.41) is 12.2. The molecule has 2 N–H and O–H groups in total. The second-order valence-electron chi connectivity index (χ2n) is 5.60. The largest absolute Gasteiger partial charge is 0.479 e. The number of nitrogens with one attached hydrogen (secondary N) is 1. The average Bonchev–Trinajstić information content (AvgIpc) is 3.11. The van der Waals surface area contributed by atoms with Gasteiger partial charge in [0.15, 0.2) is 6.04 Å². The molecule has 1 aromatic rings. The first-order valence-electron chi connectivity index (χ1n) is 6.89. The average molecular weight is 311 g/mol. The minimum atomic E-state index is -1.15. The number of carboxylic acid groups (broad SMARTS) is 1. The molecule has 0 saturated heterocycles. The third-order valence-electron chi connectivity index (χ3n) is 3.86. The summed E-state index contributed by atoms with van der Waals surface area (Å²) in [4.78, 5) is 25.1. The Hall–Kier alpha value is -1.75. The fourth-order valence-electron chi connectivity index (χ4n) is 2.30. The molecule has 0 bridgehead atoms. The molecule has 2 amide bonds. The number of benzene rings is 1. The Balaban J connectivity index is 2.04. The van der Waals surface area contributed by atoms with Crippen LogP contribution < -0.4 is 5.32 Å². The van der Waals surface area contributed by atoms with Gasteiger partial charge >= 0.3 is 12.0 Å². The summed E-state index contributed by atoms with van der Waals surface area (Å²) in [6.45, 7) is 2.78. The Labute approximate surface area is 128 Å². The summed E-state index contributed by atoms with van der Waals surface area (Å²) in [7, 11) is 1.67. The Kier molecular flexibility index (Phi) is 4.73. The molecule has 21 heavy (non-hydrogen) atoms. The molecule has 2 unspecified atom stereocenters. The van der Waals surface area contributed by atoms with Crippen molar-refractivity contribution in [2.24, 2.45) is 11.8 Å². The lowest BCUT2D eigenvalue weighted by Crippen LogP contribution is -2.42. The van der Waals surface area contributed by atoms with E-state index in [1.54, 1.807) is 31.3 Å². The van der Waals surface area contributed by atoms with Gasteiger partial charge in [-0.1, -0.05) is 36.7 Å². The van der Waals surface area contributed by atoms with Gasteiger partial charge < -0.3 is 15.3 Å². The number of hydrogen-bond donors (Lipinski definition) is 2. The Bertz CT molecular complexity index is 549. The number of aliphatic carboxylic acids is 1. The summed E-state index contributed by atoms with van der Waals surface area (Å²) in [6.07, 6.45) is 1.12. The Morgan fingerprint density at radius 2 is 2.10 bits per heavy atom. The van der Waals surface area contributed by atoms with Gasteiger partial charge in [0.1, 0.15) is 0 Å². The lowest BCUT2D eigenvalue weighted by molar-refractivity contribution is -0.139. The van der Waals surface area contributed by atoms with E-state index in [0.29, 0.717) is 29.0 Å². The number of halogens is 1. The zero-order valence-electron chi connectivity index (χ0n) is 12.0. The molecule has 0 aromatic heterocycles. The van der Waals surface area contributed by atoms with Crippen LogP contribution in [0.3, 0.4) is 0 Å². The van der Waals surface area contributed by atoms with Gasteiger partial charge in [-0.05, 0) is 24.3 Å². The quantitative estimate of drug-likeness (QED) is 0.878. The normalized spacial score (nSPS) is 21.5. The minimum absolute atomic E-state index is 0.323. The van der Waals surface area contributed by atoms with Gasteiger partial charge in [0, 0.05) is 24.2 Å². The van der Waals surface area contributed by atoms with Crippen molar-refractivity contribution in [3.05, 3.63) is 34.9 Å².